The Morgan fingerprint density at radius 3 is 2.31 bits per heavy atom. The Bertz CT molecular complexity index is 1710. The molecule has 7 nitrogen and oxygen atoms in total. The number of fused-ring (bicyclic) bond motifs is 5. The lowest BCUT2D eigenvalue weighted by Crippen LogP contribution is -2.48. The number of anilines is 1. The van der Waals surface area contributed by atoms with E-state index in [0.717, 1.165) is 11.3 Å². The third-order valence-electron chi connectivity index (χ3n) is 8.19. The molecule has 3 aromatic carbocycles. The number of carbonyl (C=O) groups is 3. The number of nitro benzene ring substituents is 1. The molecule has 8 heteroatoms. The van der Waals surface area contributed by atoms with Gasteiger partial charge in [-0.25, -0.2) is 0 Å². The fraction of sp³-hybridized carbons (Fsp3) is 0.129. The Labute approximate surface area is 227 Å². The summed E-state index contributed by atoms with van der Waals surface area (Å²) in [6.07, 6.45) is 3.74. The average molecular weight is 533 g/mol. The normalized spacial score (nSPS) is 22.1. The summed E-state index contributed by atoms with van der Waals surface area (Å²) in [5, 5.41) is 13.6. The Hall–Kier alpha value is -4.69. The van der Waals surface area contributed by atoms with Gasteiger partial charge in [-0.3, -0.25) is 24.5 Å². The Balaban J connectivity index is 1.57. The lowest BCUT2D eigenvalue weighted by Gasteiger charge is -2.37. The number of thiophene rings is 1. The molecule has 0 radical (unpaired) electrons. The molecule has 7 rings (SSSR count). The number of nitrogens with zero attached hydrogens (tertiary/aromatic N) is 2. The van der Waals surface area contributed by atoms with E-state index in [2.05, 4.69) is 0 Å². The number of nitro groups is 1. The molecule has 0 N–H and O–H groups in total. The number of carbonyl (C=O) groups excluding carboxylic acids is 3. The first-order valence-corrected chi connectivity index (χ1v) is 13.4. The summed E-state index contributed by atoms with van der Waals surface area (Å²) in [7, 11) is 0. The molecule has 1 saturated heterocycles. The molecule has 4 aromatic rings. The van der Waals surface area contributed by atoms with Crippen LogP contribution in [0.4, 0.5) is 11.4 Å². The van der Waals surface area contributed by atoms with Gasteiger partial charge in [-0.15, -0.1) is 11.3 Å². The minimum absolute atomic E-state index is 0.166. The first kappa shape index (κ1) is 23.4. The second kappa shape index (κ2) is 8.41. The summed E-state index contributed by atoms with van der Waals surface area (Å²) in [5.41, 5.74) is 0.797. The van der Waals surface area contributed by atoms with Crippen molar-refractivity contribution < 1.29 is 19.3 Å². The Morgan fingerprint density at radius 1 is 0.897 bits per heavy atom. The molecule has 1 aromatic heterocycles. The van der Waals surface area contributed by atoms with Gasteiger partial charge in [-0.2, -0.15) is 0 Å². The minimum Gasteiger partial charge on any atom is -0.352 e. The number of benzene rings is 3. The van der Waals surface area contributed by atoms with Crippen molar-refractivity contribution in [3.05, 3.63) is 134 Å². The van der Waals surface area contributed by atoms with Crippen molar-refractivity contribution in [3.63, 3.8) is 0 Å². The molecular formula is C31H20N2O5S. The van der Waals surface area contributed by atoms with Gasteiger partial charge in [0, 0.05) is 34.9 Å². The highest BCUT2D eigenvalue weighted by atomic mass is 32.1. The van der Waals surface area contributed by atoms with Crippen molar-refractivity contribution in [2.75, 3.05) is 4.90 Å². The molecule has 3 aliphatic rings. The SMILES string of the molecule is O=C(c1cccs1)[C@H]1[C@H](c2cccc([N+](=O)[O-])c2)C2(C(=O)c3ccccc3C2=O)[C@H]2C=Cc3ccccc3N12. The van der Waals surface area contributed by atoms with E-state index < -0.39 is 28.3 Å². The van der Waals surface area contributed by atoms with Gasteiger partial charge in [0.05, 0.1) is 15.8 Å². The highest BCUT2D eigenvalue weighted by Gasteiger charge is 2.71. The number of ketones is 3. The summed E-state index contributed by atoms with van der Waals surface area (Å²) in [6, 6.07) is 22.1. The van der Waals surface area contributed by atoms with E-state index in [9.17, 15) is 24.5 Å². The van der Waals surface area contributed by atoms with E-state index in [4.69, 9.17) is 0 Å². The second-order valence-corrected chi connectivity index (χ2v) is 10.9. The Kier molecular flexibility index (Phi) is 5.05. The minimum atomic E-state index is -1.68. The van der Waals surface area contributed by atoms with Gasteiger partial charge in [-0.1, -0.05) is 72.8 Å². The molecule has 190 valence electrons. The zero-order chi connectivity index (χ0) is 26.9. The molecule has 1 spiro atoms. The summed E-state index contributed by atoms with van der Waals surface area (Å²) in [5.74, 6) is -1.93. The fourth-order valence-corrected chi connectivity index (χ4v) is 7.38. The third kappa shape index (κ3) is 3.06. The number of rotatable bonds is 4. The van der Waals surface area contributed by atoms with Gasteiger partial charge in [0.25, 0.3) is 5.69 Å². The van der Waals surface area contributed by atoms with Crippen molar-refractivity contribution >= 4 is 46.1 Å². The first-order valence-electron chi connectivity index (χ1n) is 12.5. The number of hydrogen-bond acceptors (Lipinski definition) is 7. The first-order chi connectivity index (χ1) is 18.9. The zero-order valence-corrected chi connectivity index (χ0v) is 21.2. The van der Waals surface area contributed by atoms with Crippen LogP contribution in [-0.2, 0) is 0 Å². The van der Waals surface area contributed by atoms with Crippen molar-refractivity contribution in [1.82, 2.24) is 0 Å². The zero-order valence-electron chi connectivity index (χ0n) is 20.4. The highest BCUT2D eigenvalue weighted by molar-refractivity contribution is 7.12. The summed E-state index contributed by atoms with van der Waals surface area (Å²) >= 11 is 1.29. The number of non-ortho nitro benzene ring substituents is 1. The topological polar surface area (TPSA) is 97.6 Å². The lowest BCUT2D eigenvalue weighted by molar-refractivity contribution is -0.384. The standard InChI is InChI=1S/C31H20N2O5S/c34-28(24-13-6-16-39-24)27-26(19-8-5-9-20(17-19)33(37)38)31(29(35)21-10-2-3-11-22(21)30(31)36)25-15-14-18-7-1-4-12-23(18)32(25)27/h1-17,25-27H/t25-,26+,27-/m1/s1. The predicted molar refractivity (Wildman–Crippen MR) is 148 cm³/mol. The molecule has 1 fully saturated rings. The molecule has 3 heterocycles. The second-order valence-electron chi connectivity index (χ2n) is 9.96. The van der Waals surface area contributed by atoms with Crippen LogP contribution in [0.25, 0.3) is 6.08 Å². The summed E-state index contributed by atoms with van der Waals surface area (Å²) < 4.78 is 0. The summed E-state index contributed by atoms with van der Waals surface area (Å²) in [6.45, 7) is 0. The predicted octanol–water partition coefficient (Wildman–Crippen LogP) is 5.97. The van der Waals surface area contributed by atoms with Crippen LogP contribution in [-0.4, -0.2) is 34.4 Å². The number of para-hydroxylation sites is 1. The van der Waals surface area contributed by atoms with E-state index in [-0.39, 0.29) is 23.0 Å². The van der Waals surface area contributed by atoms with Crippen LogP contribution in [0.15, 0.2) is 96.4 Å². The van der Waals surface area contributed by atoms with Crippen molar-refractivity contribution in [2.24, 2.45) is 5.41 Å². The molecular weight excluding hydrogens is 512 g/mol. The van der Waals surface area contributed by atoms with Crippen LogP contribution in [0.2, 0.25) is 0 Å². The fourth-order valence-electron chi connectivity index (χ4n) is 6.69. The molecule has 0 bridgehead atoms. The number of hydrogen-bond donors (Lipinski definition) is 0. The largest absolute Gasteiger partial charge is 0.352 e. The van der Waals surface area contributed by atoms with Gasteiger partial charge in [0.1, 0.15) is 11.5 Å². The van der Waals surface area contributed by atoms with E-state index in [1.54, 1.807) is 48.5 Å². The maximum absolute atomic E-state index is 14.5. The quantitative estimate of drug-likeness (QED) is 0.139. The molecule has 3 atom stereocenters. The smallest absolute Gasteiger partial charge is 0.269 e. The van der Waals surface area contributed by atoms with Crippen LogP contribution >= 0.6 is 11.3 Å². The van der Waals surface area contributed by atoms with Gasteiger partial charge in [-0.05, 0) is 28.6 Å². The van der Waals surface area contributed by atoms with Gasteiger partial charge >= 0.3 is 0 Å². The molecule has 39 heavy (non-hydrogen) atoms. The van der Waals surface area contributed by atoms with E-state index >= 15 is 0 Å². The highest BCUT2D eigenvalue weighted by Crippen LogP contribution is 2.61. The monoisotopic (exact) mass is 532 g/mol. The summed E-state index contributed by atoms with van der Waals surface area (Å²) in [4.78, 5) is 57.1. The molecule has 2 aliphatic heterocycles. The molecule has 0 unspecified atom stereocenters. The van der Waals surface area contributed by atoms with Crippen molar-refractivity contribution in [2.45, 2.75) is 18.0 Å². The lowest BCUT2D eigenvalue weighted by atomic mass is 9.64. The molecule has 0 amide bonds. The average Bonchev–Trinajstić information content (AvgIpc) is 3.66. The van der Waals surface area contributed by atoms with Crippen LogP contribution in [0.3, 0.4) is 0 Å². The van der Waals surface area contributed by atoms with E-state index in [1.165, 1.54) is 23.5 Å². The van der Waals surface area contributed by atoms with E-state index in [1.807, 2.05) is 46.7 Å². The van der Waals surface area contributed by atoms with Gasteiger partial charge in [0.15, 0.2) is 17.3 Å². The van der Waals surface area contributed by atoms with E-state index in [0.29, 0.717) is 21.6 Å². The third-order valence-corrected chi connectivity index (χ3v) is 9.07. The van der Waals surface area contributed by atoms with Crippen LogP contribution in [0.5, 0.6) is 0 Å². The number of Topliss-reactive ketones (excluding diaryl/α,β-unsaturated/α-hetero) is 3. The maximum atomic E-state index is 14.5. The van der Waals surface area contributed by atoms with Crippen LogP contribution < -0.4 is 4.90 Å². The van der Waals surface area contributed by atoms with Crippen molar-refractivity contribution in [3.8, 4) is 0 Å². The van der Waals surface area contributed by atoms with Crippen LogP contribution in [0.1, 0.15) is 47.4 Å². The molecule has 1 aliphatic carbocycles. The maximum Gasteiger partial charge on any atom is 0.269 e. The Morgan fingerprint density at radius 2 is 1.62 bits per heavy atom. The molecule has 0 saturated carbocycles. The van der Waals surface area contributed by atoms with Crippen LogP contribution in [0, 0.1) is 15.5 Å². The van der Waals surface area contributed by atoms with Gasteiger partial charge in [0.2, 0.25) is 0 Å². The van der Waals surface area contributed by atoms with Crippen molar-refractivity contribution in [1.29, 1.82) is 0 Å². The van der Waals surface area contributed by atoms with Gasteiger partial charge < -0.3 is 4.90 Å².